The normalized spacial score (nSPS) is 14.2. The molecule has 3 aromatic rings. The summed E-state index contributed by atoms with van der Waals surface area (Å²) in [5.41, 5.74) is 4.99. The van der Waals surface area contributed by atoms with Crippen LogP contribution >= 0.6 is 0 Å². The van der Waals surface area contributed by atoms with Gasteiger partial charge in [0.1, 0.15) is 12.1 Å². The summed E-state index contributed by atoms with van der Waals surface area (Å²) in [6, 6.07) is 10.2. The van der Waals surface area contributed by atoms with Gasteiger partial charge in [0.2, 0.25) is 0 Å². The van der Waals surface area contributed by atoms with Crippen molar-refractivity contribution >= 4 is 6.03 Å². The molecule has 0 saturated carbocycles. The molecule has 0 radical (unpaired) electrons. The molecular formula is C22H25N5O. The summed E-state index contributed by atoms with van der Waals surface area (Å²) >= 11 is 0. The number of nitrogens with one attached hydrogen (secondary N) is 2. The predicted molar refractivity (Wildman–Crippen MR) is 108 cm³/mol. The molecule has 2 aromatic heterocycles. The Bertz CT molecular complexity index is 934. The first kappa shape index (κ1) is 18.2. The molecule has 0 fully saturated rings. The van der Waals surface area contributed by atoms with Crippen LogP contribution in [0.15, 0.2) is 55.2 Å². The highest BCUT2D eigenvalue weighted by Crippen LogP contribution is 2.24. The van der Waals surface area contributed by atoms with Gasteiger partial charge in [0.15, 0.2) is 0 Å². The number of nitrogens with zero attached hydrogens (tertiary/aromatic N) is 3. The fraction of sp³-hybridized carbons (Fsp3) is 0.318. The number of urea groups is 1. The molecule has 0 bridgehead atoms. The van der Waals surface area contributed by atoms with Gasteiger partial charge >= 0.3 is 6.03 Å². The molecule has 1 aromatic carbocycles. The van der Waals surface area contributed by atoms with E-state index in [0.717, 1.165) is 23.4 Å². The van der Waals surface area contributed by atoms with Crippen LogP contribution in [0.4, 0.5) is 4.79 Å². The van der Waals surface area contributed by atoms with Gasteiger partial charge < -0.3 is 10.6 Å². The van der Waals surface area contributed by atoms with Crippen molar-refractivity contribution in [3.8, 4) is 5.82 Å². The zero-order chi connectivity index (χ0) is 19.3. The standard InChI is InChI=1S/C22H25N5O/c1-16(19-8-7-18-4-2-3-5-20(18)12-19)26-22(28)25-14-17-6-9-21(24-13-17)27-11-10-23-15-27/h6-13,15-16H,2-5,14H2,1H3,(H2,25,26,28). The van der Waals surface area contributed by atoms with Crippen LogP contribution in [-0.4, -0.2) is 20.6 Å². The van der Waals surface area contributed by atoms with Gasteiger partial charge in [-0.3, -0.25) is 4.57 Å². The predicted octanol–water partition coefficient (Wildman–Crippen LogP) is 3.71. The third-order valence-electron chi connectivity index (χ3n) is 5.25. The van der Waals surface area contributed by atoms with Gasteiger partial charge in [0.05, 0.1) is 6.04 Å². The molecule has 2 N–H and O–H groups in total. The van der Waals surface area contributed by atoms with E-state index in [0.29, 0.717) is 6.54 Å². The molecular weight excluding hydrogens is 350 g/mol. The largest absolute Gasteiger partial charge is 0.334 e. The Balaban J connectivity index is 1.30. The number of carbonyl (C=O) groups excluding carboxylic acids is 1. The van der Waals surface area contributed by atoms with E-state index in [2.05, 4.69) is 38.8 Å². The van der Waals surface area contributed by atoms with Gasteiger partial charge in [-0.1, -0.05) is 24.3 Å². The van der Waals surface area contributed by atoms with Crippen LogP contribution < -0.4 is 10.6 Å². The van der Waals surface area contributed by atoms with E-state index in [-0.39, 0.29) is 12.1 Å². The van der Waals surface area contributed by atoms with E-state index in [4.69, 9.17) is 0 Å². The molecule has 144 valence electrons. The van der Waals surface area contributed by atoms with Gasteiger partial charge in [-0.2, -0.15) is 0 Å². The molecule has 1 unspecified atom stereocenters. The minimum absolute atomic E-state index is 0.0334. The summed E-state index contributed by atoms with van der Waals surface area (Å²) < 4.78 is 1.84. The number of hydrogen-bond donors (Lipinski definition) is 2. The maximum absolute atomic E-state index is 12.3. The second kappa shape index (κ2) is 8.25. The third kappa shape index (κ3) is 4.22. The van der Waals surface area contributed by atoms with Crippen molar-refractivity contribution in [2.24, 2.45) is 0 Å². The van der Waals surface area contributed by atoms with Crippen LogP contribution in [0.1, 0.15) is 48.1 Å². The number of carbonyl (C=O) groups is 1. The van der Waals surface area contributed by atoms with Gasteiger partial charge in [-0.15, -0.1) is 0 Å². The van der Waals surface area contributed by atoms with E-state index < -0.39 is 0 Å². The van der Waals surface area contributed by atoms with Crippen LogP contribution in [0.5, 0.6) is 0 Å². The second-order valence-corrected chi connectivity index (χ2v) is 7.28. The number of imidazole rings is 1. The molecule has 1 atom stereocenters. The number of rotatable bonds is 5. The number of pyridine rings is 1. The summed E-state index contributed by atoms with van der Waals surface area (Å²) in [6.07, 6.45) is 11.9. The highest BCUT2D eigenvalue weighted by atomic mass is 16.2. The van der Waals surface area contributed by atoms with Crippen molar-refractivity contribution in [3.63, 3.8) is 0 Å². The molecule has 6 heteroatoms. The smallest absolute Gasteiger partial charge is 0.315 e. The van der Waals surface area contributed by atoms with Crippen LogP contribution in [0.2, 0.25) is 0 Å². The number of hydrogen-bond acceptors (Lipinski definition) is 3. The summed E-state index contributed by atoms with van der Waals surface area (Å²) in [4.78, 5) is 20.7. The molecule has 0 spiro atoms. The molecule has 6 nitrogen and oxygen atoms in total. The van der Waals surface area contributed by atoms with Gasteiger partial charge in [0.25, 0.3) is 0 Å². The van der Waals surface area contributed by atoms with Crippen molar-refractivity contribution in [3.05, 3.63) is 77.5 Å². The van der Waals surface area contributed by atoms with Crippen LogP contribution in [0.25, 0.3) is 5.82 Å². The minimum atomic E-state index is -0.177. The lowest BCUT2D eigenvalue weighted by atomic mass is 9.89. The summed E-state index contributed by atoms with van der Waals surface area (Å²) in [6.45, 7) is 2.45. The Kier molecular flexibility index (Phi) is 5.37. The average molecular weight is 375 g/mol. The molecule has 0 saturated heterocycles. The van der Waals surface area contributed by atoms with Gasteiger partial charge in [-0.25, -0.2) is 14.8 Å². The van der Waals surface area contributed by atoms with Crippen molar-refractivity contribution in [2.45, 2.75) is 45.2 Å². The van der Waals surface area contributed by atoms with E-state index in [9.17, 15) is 4.79 Å². The molecule has 1 aliphatic carbocycles. The molecule has 28 heavy (non-hydrogen) atoms. The van der Waals surface area contributed by atoms with Crippen LogP contribution in [0, 0.1) is 0 Å². The Morgan fingerprint density at radius 2 is 2.04 bits per heavy atom. The monoisotopic (exact) mass is 375 g/mol. The number of benzene rings is 1. The van der Waals surface area contributed by atoms with Crippen molar-refractivity contribution in [1.29, 1.82) is 0 Å². The Morgan fingerprint density at radius 3 is 2.79 bits per heavy atom. The fourth-order valence-electron chi connectivity index (χ4n) is 3.60. The first-order valence-electron chi connectivity index (χ1n) is 9.78. The maximum Gasteiger partial charge on any atom is 0.315 e. The van der Waals surface area contributed by atoms with E-state index in [1.807, 2.05) is 29.8 Å². The number of aryl methyl sites for hydroxylation is 2. The lowest BCUT2D eigenvalue weighted by Crippen LogP contribution is -2.36. The Hall–Kier alpha value is -3.15. The first-order chi connectivity index (χ1) is 13.7. The highest BCUT2D eigenvalue weighted by Gasteiger charge is 2.14. The summed E-state index contributed by atoms with van der Waals surface area (Å²) in [7, 11) is 0. The quantitative estimate of drug-likeness (QED) is 0.714. The van der Waals surface area contributed by atoms with Crippen molar-refractivity contribution < 1.29 is 4.79 Å². The van der Waals surface area contributed by atoms with E-state index in [1.54, 1.807) is 18.7 Å². The van der Waals surface area contributed by atoms with Crippen LogP contribution in [-0.2, 0) is 19.4 Å². The lowest BCUT2D eigenvalue weighted by Gasteiger charge is -2.20. The zero-order valence-electron chi connectivity index (χ0n) is 16.1. The molecule has 4 rings (SSSR count). The van der Waals surface area contributed by atoms with Gasteiger partial charge in [0, 0.05) is 25.1 Å². The number of amides is 2. The Morgan fingerprint density at radius 1 is 1.18 bits per heavy atom. The maximum atomic E-state index is 12.3. The Labute approximate surface area is 165 Å². The molecule has 1 aliphatic rings. The summed E-state index contributed by atoms with van der Waals surface area (Å²) in [5.74, 6) is 0.798. The minimum Gasteiger partial charge on any atom is -0.334 e. The topological polar surface area (TPSA) is 71.8 Å². The second-order valence-electron chi connectivity index (χ2n) is 7.28. The van der Waals surface area contributed by atoms with E-state index >= 15 is 0 Å². The molecule has 0 aliphatic heterocycles. The van der Waals surface area contributed by atoms with Crippen molar-refractivity contribution in [2.75, 3.05) is 0 Å². The number of aromatic nitrogens is 3. The van der Waals surface area contributed by atoms with Gasteiger partial charge in [-0.05, 0) is 60.9 Å². The SMILES string of the molecule is CC(NC(=O)NCc1ccc(-n2ccnc2)nc1)c1ccc2c(c1)CCCC2. The van der Waals surface area contributed by atoms with E-state index in [1.165, 1.54) is 30.4 Å². The lowest BCUT2D eigenvalue weighted by molar-refractivity contribution is 0.237. The molecule has 2 amide bonds. The number of fused-ring (bicyclic) bond motifs is 1. The average Bonchev–Trinajstić information content (AvgIpc) is 3.27. The summed E-state index contributed by atoms with van der Waals surface area (Å²) in [5, 5.41) is 5.93. The third-order valence-corrected chi connectivity index (χ3v) is 5.25. The fourth-order valence-corrected chi connectivity index (χ4v) is 3.60. The molecule has 2 heterocycles. The first-order valence-corrected chi connectivity index (χ1v) is 9.78. The zero-order valence-corrected chi connectivity index (χ0v) is 16.1. The van der Waals surface area contributed by atoms with Crippen LogP contribution in [0.3, 0.4) is 0 Å². The highest BCUT2D eigenvalue weighted by molar-refractivity contribution is 5.74. The van der Waals surface area contributed by atoms with Crippen molar-refractivity contribution in [1.82, 2.24) is 25.2 Å².